The minimum Gasteiger partial charge on any atom is -0.476 e. The fraction of sp³-hybridized carbons (Fsp3) is 0.0909. The number of anilines is 6. The summed E-state index contributed by atoms with van der Waals surface area (Å²) in [5, 5.41) is 13.8. The summed E-state index contributed by atoms with van der Waals surface area (Å²) in [6.45, 7) is 7.93. The number of hydrogen-bond donors (Lipinski definition) is 8. The van der Waals surface area contributed by atoms with Crippen molar-refractivity contribution < 1.29 is 19.5 Å². The van der Waals surface area contributed by atoms with E-state index < -0.39 is 5.97 Å². The number of benzene rings is 4. The fourth-order valence-electron chi connectivity index (χ4n) is 5.38. The van der Waals surface area contributed by atoms with Crippen LogP contribution in [-0.2, 0) is 0 Å². The number of nitrogen functional groups attached to an aromatic ring is 4. The van der Waals surface area contributed by atoms with Gasteiger partial charge in [-0.2, -0.15) is 0 Å². The number of aromatic amines is 1. The van der Waals surface area contributed by atoms with E-state index in [1.807, 2.05) is 69.3 Å². The summed E-state index contributed by atoms with van der Waals surface area (Å²) in [7, 11) is 0. The van der Waals surface area contributed by atoms with Crippen molar-refractivity contribution in [1.29, 1.82) is 0 Å². The number of carboxylic acid groups (broad SMARTS) is 1. The number of aryl methyl sites for hydroxylation is 4. The molecule has 0 radical (unpaired) electrons. The first-order valence-electron chi connectivity index (χ1n) is 19.3. The van der Waals surface area contributed by atoms with Crippen molar-refractivity contribution in [3.8, 4) is 11.5 Å². The molecule has 9 rings (SSSR count). The molecule has 4 aromatic carbocycles. The van der Waals surface area contributed by atoms with Crippen LogP contribution in [0.1, 0.15) is 53.7 Å². The van der Waals surface area contributed by atoms with Gasteiger partial charge in [0.1, 0.15) is 20.8 Å². The van der Waals surface area contributed by atoms with Gasteiger partial charge in [-0.25, -0.2) is 29.7 Å². The molecular formula is C44H40Br4N12O4S4. The van der Waals surface area contributed by atoms with Crippen LogP contribution in [0.25, 0.3) is 22.6 Å². The monoisotopic (exact) mass is 1240 g/mol. The minimum absolute atomic E-state index is 0.0833. The predicted octanol–water partition coefficient (Wildman–Crippen LogP) is 12.6. The third-order valence-electron chi connectivity index (χ3n) is 8.75. The lowest BCUT2D eigenvalue weighted by atomic mass is 10.2. The molecule has 0 aliphatic rings. The minimum atomic E-state index is -0.997. The number of nitrogens with two attached hydrogens (primary N) is 4. The van der Waals surface area contributed by atoms with Gasteiger partial charge in [0, 0.05) is 0 Å². The Morgan fingerprint density at radius 1 is 0.529 bits per heavy atom. The maximum atomic E-state index is 11.9. The number of aromatic nitrogens is 6. The summed E-state index contributed by atoms with van der Waals surface area (Å²) in [5.74, 6) is -0.721. The lowest BCUT2D eigenvalue weighted by Gasteiger charge is -2.07. The number of carbonyl (C=O) groups is 3. The topological polar surface area (TPSA) is 280 Å². The van der Waals surface area contributed by atoms with Gasteiger partial charge in [0.2, 0.25) is 0 Å². The summed E-state index contributed by atoms with van der Waals surface area (Å²) in [5.41, 5.74) is 40.8. The highest BCUT2D eigenvalue weighted by Crippen LogP contribution is 2.30. The number of nitrogens with zero attached hydrogens (tertiary/aromatic N) is 5. The summed E-state index contributed by atoms with van der Waals surface area (Å²) in [6.07, 6.45) is 0. The third-order valence-corrected chi connectivity index (χ3v) is 14.9. The molecule has 0 spiro atoms. The van der Waals surface area contributed by atoms with Crippen LogP contribution < -0.4 is 33.6 Å². The van der Waals surface area contributed by atoms with E-state index in [4.69, 9.17) is 28.0 Å². The van der Waals surface area contributed by atoms with E-state index >= 15 is 0 Å². The second kappa shape index (κ2) is 25.1. The van der Waals surface area contributed by atoms with Crippen LogP contribution in [0.4, 0.5) is 34.1 Å². The first kappa shape index (κ1) is 53.4. The average molecular weight is 1250 g/mol. The van der Waals surface area contributed by atoms with E-state index in [0.29, 0.717) is 56.9 Å². The molecule has 12 N–H and O–H groups in total. The van der Waals surface area contributed by atoms with Crippen LogP contribution in [0.5, 0.6) is 0 Å². The van der Waals surface area contributed by atoms with Gasteiger partial charge in [0.25, 0.3) is 11.8 Å². The normalized spacial score (nSPS) is 10.2. The molecule has 24 heteroatoms. The number of carbonyl (C=O) groups excluding carboxylic acids is 2. The first-order chi connectivity index (χ1) is 32.3. The number of amides is 2. The molecule has 0 aliphatic carbocycles. The molecule has 0 saturated carbocycles. The Kier molecular flexibility index (Phi) is 19.7. The smallest absolute Gasteiger partial charge is 0.356 e. The molecule has 9 aromatic rings. The SMILES string of the molecule is Cc1ccc(N)c(N)c1.Cc1ccc(N)c(NC(=O)c2ncsc2Br)c1.Cc1ccc(NC(=O)c2ncsc2Br)c(N)c1.Cc1ccc2nc(-c3ncsc3Br)[nH]c2c1.O=C(O)c1ncsc1Br. The van der Waals surface area contributed by atoms with E-state index in [0.717, 1.165) is 43.0 Å². The zero-order valence-electron chi connectivity index (χ0n) is 36.1. The van der Waals surface area contributed by atoms with Crippen molar-refractivity contribution in [1.82, 2.24) is 29.9 Å². The van der Waals surface area contributed by atoms with Crippen LogP contribution in [0.15, 0.2) is 110 Å². The zero-order chi connectivity index (χ0) is 49.7. The lowest BCUT2D eigenvalue weighted by Crippen LogP contribution is -2.14. The van der Waals surface area contributed by atoms with Crippen molar-refractivity contribution >= 4 is 172 Å². The van der Waals surface area contributed by atoms with Crippen LogP contribution in [0.2, 0.25) is 0 Å². The summed E-state index contributed by atoms with van der Waals surface area (Å²) >= 11 is 18.6. The summed E-state index contributed by atoms with van der Waals surface area (Å²) in [6, 6.07) is 22.7. The molecule has 0 unspecified atom stereocenters. The number of rotatable bonds is 6. The highest BCUT2D eigenvalue weighted by Gasteiger charge is 2.16. The maximum absolute atomic E-state index is 11.9. The van der Waals surface area contributed by atoms with E-state index in [1.165, 1.54) is 45.1 Å². The molecule has 2 amide bonds. The molecule has 0 atom stereocenters. The molecule has 0 saturated heterocycles. The molecule has 0 bridgehead atoms. The lowest BCUT2D eigenvalue weighted by molar-refractivity contribution is 0.0690. The number of thiazole rings is 4. The highest BCUT2D eigenvalue weighted by molar-refractivity contribution is 9.11. The van der Waals surface area contributed by atoms with Gasteiger partial charge >= 0.3 is 5.97 Å². The molecule has 16 nitrogen and oxygen atoms in total. The molecule has 68 heavy (non-hydrogen) atoms. The summed E-state index contributed by atoms with van der Waals surface area (Å²) < 4.78 is 2.99. The molecular weight excluding hydrogens is 1210 g/mol. The van der Waals surface area contributed by atoms with Gasteiger partial charge in [-0.05, 0) is 162 Å². The van der Waals surface area contributed by atoms with Gasteiger partial charge < -0.3 is 43.7 Å². The number of H-pyrrole nitrogens is 1. The van der Waals surface area contributed by atoms with Crippen molar-refractivity contribution in [2.24, 2.45) is 0 Å². The van der Waals surface area contributed by atoms with E-state index in [-0.39, 0.29) is 17.5 Å². The average Bonchev–Trinajstić information content (AvgIpc) is 4.15. The second-order valence-electron chi connectivity index (χ2n) is 14.0. The van der Waals surface area contributed by atoms with Gasteiger partial charge in [-0.15, -0.1) is 45.3 Å². The zero-order valence-corrected chi connectivity index (χ0v) is 45.7. The number of halogens is 4. The molecule has 5 aromatic heterocycles. The highest BCUT2D eigenvalue weighted by atomic mass is 79.9. The number of nitrogens with one attached hydrogen (secondary N) is 3. The van der Waals surface area contributed by atoms with Gasteiger partial charge in [-0.1, -0.05) is 24.3 Å². The van der Waals surface area contributed by atoms with Crippen molar-refractivity contribution in [3.63, 3.8) is 0 Å². The molecule has 5 heterocycles. The quantitative estimate of drug-likeness (QED) is 0.0720. The fourth-order valence-corrected chi connectivity index (χ4v) is 9.54. The first-order valence-corrected chi connectivity index (χ1v) is 26.0. The number of fused-ring (bicyclic) bond motifs is 1. The van der Waals surface area contributed by atoms with Gasteiger partial charge in [0.15, 0.2) is 22.9 Å². The Balaban J connectivity index is 0.000000163. The van der Waals surface area contributed by atoms with E-state index in [1.54, 1.807) is 40.0 Å². The third kappa shape index (κ3) is 15.2. The van der Waals surface area contributed by atoms with E-state index in [2.05, 4.69) is 123 Å². The predicted molar refractivity (Wildman–Crippen MR) is 293 cm³/mol. The number of imidazole rings is 1. The Morgan fingerprint density at radius 3 is 1.46 bits per heavy atom. The number of carboxylic acids is 1. The second-order valence-corrected chi connectivity index (χ2v) is 22.7. The Bertz CT molecular complexity index is 3190. The standard InChI is InChI=1S/2C11H10BrN3OS.C11H8BrN3S.C7H10N2.C4H2BrNO2S/c1-6-2-3-8(7(13)4-6)15-11(16)9-10(12)17-5-14-9;1-6-2-3-7(13)8(4-6)15-11(16)9-10(12)17-5-14-9;1-6-2-3-7-8(4-6)15-11(14-7)9-10(12)16-5-13-9;1-5-2-3-6(8)7(9)4-5;5-3-2(4(7)8)6-1-9-3/h2*2-5H,13H2,1H3,(H,15,16);2-5H,1H3,(H,14,15);2-4H,8-9H2,1H3;1H,(H,7,8). The van der Waals surface area contributed by atoms with Crippen molar-refractivity contribution in [2.75, 3.05) is 33.6 Å². The largest absolute Gasteiger partial charge is 0.476 e. The molecule has 0 fully saturated rings. The Hall–Kier alpha value is -5.60. The van der Waals surface area contributed by atoms with Gasteiger partial charge in [-0.3, -0.25) is 9.59 Å². The van der Waals surface area contributed by atoms with Crippen LogP contribution in [0, 0.1) is 27.7 Å². The molecule has 352 valence electrons. The Labute approximate surface area is 439 Å². The van der Waals surface area contributed by atoms with Crippen LogP contribution in [-0.4, -0.2) is 52.8 Å². The maximum Gasteiger partial charge on any atom is 0.356 e. The van der Waals surface area contributed by atoms with Crippen molar-refractivity contribution in [3.05, 3.63) is 149 Å². The van der Waals surface area contributed by atoms with Crippen LogP contribution >= 0.6 is 109 Å². The Morgan fingerprint density at radius 2 is 0.985 bits per heavy atom. The van der Waals surface area contributed by atoms with Crippen molar-refractivity contribution in [2.45, 2.75) is 27.7 Å². The number of hydrogen-bond acceptors (Lipinski definition) is 16. The van der Waals surface area contributed by atoms with E-state index in [9.17, 15) is 14.4 Å². The summed E-state index contributed by atoms with van der Waals surface area (Å²) in [4.78, 5) is 57.6. The molecule has 0 aliphatic heterocycles. The van der Waals surface area contributed by atoms with Gasteiger partial charge in [0.05, 0.1) is 67.2 Å². The number of aromatic carboxylic acids is 1. The van der Waals surface area contributed by atoms with Crippen LogP contribution in [0.3, 0.4) is 0 Å².